The van der Waals surface area contributed by atoms with E-state index in [4.69, 9.17) is 9.72 Å². The summed E-state index contributed by atoms with van der Waals surface area (Å²) in [6.07, 6.45) is 0. The van der Waals surface area contributed by atoms with E-state index >= 15 is 0 Å². The highest BCUT2D eigenvalue weighted by Gasteiger charge is 2.25. The van der Waals surface area contributed by atoms with Crippen LogP contribution in [-0.2, 0) is 17.8 Å². The molecule has 152 valence electrons. The van der Waals surface area contributed by atoms with E-state index in [9.17, 15) is 9.50 Å². The van der Waals surface area contributed by atoms with E-state index in [2.05, 4.69) is 20.3 Å². The number of hydrogen-bond donors (Lipinski definition) is 2. The molecule has 0 spiro atoms. The molecule has 5 rings (SSSR count). The lowest BCUT2D eigenvalue weighted by Gasteiger charge is -2.29. The monoisotopic (exact) mass is 418 g/mol. The first-order chi connectivity index (χ1) is 13.7. The largest absolute Gasteiger partial charge is 0.493 e. The van der Waals surface area contributed by atoms with Gasteiger partial charge in [0.2, 0.25) is 5.88 Å². The van der Waals surface area contributed by atoms with Crippen molar-refractivity contribution in [3.63, 3.8) is 0 Å². The summed E-state index contributed by atoms with van der Waals surface area (Å²) in [6.45, 7) is 4.19. The van der Waals surface area contributed by atoms with Gasteiger partial charge in [-0.2, -0.15) is 14.8 Å². The van der Waals surface area contributed by atoms with Crippen molar-refractivity contribution in [1.82, 2.24) is 25.1 Å². The fourth-order valence-electron chi connectivity index (χ4n) is 3.55. The number of morpholine rings is 1. The van der Waals surface area contributed by atoms with E-state index in [-0.39, 0.29) is 24.1 Å². The highest BCUT2D eigenvalue weighted by atomic mass is 35.5. The topological polar surface area (TPSA) is 88.3 Å². The Bertz CT molecular complexity index is 1020. The molecule has 4 heterocycles. The summed E-state index contributed by atoms with van der Waals surface area (Å²) in [7, 11) is 0. The molecule has 0 radical (unpaired) electrons. The van der Waals surface area contributed by atoms with Crippen LogP contribution in [0.5, 0.6) is 5.88 Å². The van der Waals surface area contributed by atoms with Crippen molar-refractivity contribution in [3.8, 4) is 23.1 Å². The maximum Gasteiger partial charge on any atom is 0.256 e. The van der Waals surface area contributed by atoms with Gasteiger partial charge >= 0.3 is 0 Å². The van der Waals surface area contributed by atoms with Gasteiger partial charge in [-0.15, -0.1) is 12.4 Å². The number of hydrogen-bond acceptors (Lipinski definition) is 7. The zero-order valence-electron chi connectivity index (χ0n) is 15.5. The Morgan fingerprint density at radius 2 is 1.83 bits per heavy atom. The average molecular weight is 419 g/mol. The molecule has 0 unspecified atom stereocenters. The van der Waals surface area contributed by atoms with Crippen molar-refractivity contribution < 1.29 is 14.2 Å². The predicted molar refractivity (Wildman–Crippen MR) is 107 cm³/mol. The number of halogens is 2. The number of anilines is 1. The predicted octanol–water partition coefficient (Wildman–Crippen LogP) is 2.04. The molecule has 10 heteroatoms. The van der Waals surface area contributed by atoms with Crippen LogP contribution in [0.4, 0.5) is 10.2 Å². The normalized spacial score (nSPS) is 15.8. The van der Waals surface area contributed by atoms with Crippen LogP contribution in [0.2, 0.25) is 0 Å². The number of rotatable bonds is 3. The molecule has 0 atom stereocenters. The lowest BCUT2D eigenvalue weighted by molar-refractivity contribution is 0.122. The highest BCUT2D eigenvalue weighted by Crippen LogP contribution is 2.29. The molecule has 0 aliphatic carbocycles. The first kappa shape index (κ1) is 19.6. The van der Waals surface area contributed by atoms with Crippen molar-refractivity contribution in [2.75, 3.05) is 31.2 Å². The quantitative estimate of drug-likeness (QED) is 0.672. The SMILES string of the molecule is Cl.Oc1cc(-c2ccc(F)cc2)nn1-c1nc2c(c(N3CCOCC3)n1)CNC2. The number of ether oxygens (including phenoxy) is 1. The Labute approximate surface area is 172 Å². The van der Waals surface area contributed by atoms with Gasteiger partial charge in [-0.1, -0.05) is 0 Å². The third-order valence-electron chi connectivity index (χ3n) is 4.98. The Hall–Kier alpha value is -2.75. The van der Waals surface area contributed by atoms with Gasteiger partial charge in [0, 0.05) is 43.4 Å². The van der Waals surface area contributed by atoms with E-state index in [1.807, 2.05) is 0 Å². The molecule has 1 fully saturated rings. The molecular formula is C19H20ClFN6O2. The lowest BCUT2D eigenvalue weighted by Crippen LogP contribution is -2.37. The van der Waals surface area contributed by atoms with Crippen molar-refractivity contribution >= 4 is 18.2 Å². The molecule has 3 aromatic rings. The second-order valence-corrected chi connectivity index (χ2v) is 6.78. The third kappa shape index (κ3) is 3.64. The number of aromatic hydroxyl groups is 1. The van der Waals surface area contributed by atoms with E-state index in [0.29, 0.717) is 43.5 Å². The molecular weight excluding hydrogens is 399 g/mol. The van der Waals surface area contributed by atoms with E-state index in [1.165, 1.54) is 22.9 Å². The number of fused-ring (bicyclic) bond motifs is 1. The van der Waals surface area contributed by atoms with Gasteiger partial charge in [0.15, 0.2) is 0 Å². The third-order valence-corrected chi connectivity index (χ3v) is 4.98. The van der Waals surface area contributed by atoms with Gasteiger partial charge in [0.25, 0.3) is 5.95 Å². The molecule has 1 saturated heterocycles. The summed E-state index contributed by atoms with van der Waals surface area (Å²) in [5.74, 6) is 0.775. The molecule has 2 aromatic heterocycles. The molecule has 0 amide bonds. The highest BCUT2D eigenvalue weighted by molar-refractivity contribution is 5.85. The molecule has 2 aliphatic rings. The Kier molecular flexibility index (Phi) is 5.35. The van der Waals surface area contributed by atoms with Gasteiger partial charge < -0.3 is 20.1 Å². The van der Waals surface area contributed by atoms with Gasteiger partial charge in [-0.05, 0) is 24.3 Å². The van der Waals surface area contributed by atoms with Gasteiger partial charge in [0.05, 0.1) is 24.6 Å². The first-order valence-corrected chi connectivity index (χ1v) is 9.17. The number of benzene rings is 1. The molecule has 0 saturated carbocycles. The Morgan fingerprint density at radius 1 is 1.07 bits per heavy atom. The molecule has 29 heavy (non-hydrogen) atoms. The van der Waals surface area contributed by atoms with E-state index in [0.717, 1.165) is 30.2 Å². The van der Waals surface area contributed by atoms with Crippen LogP contribution in [0, 0.1) is 5.82 Å². The van der Waals surface area contributed by atoms with Crippen molar-refractivity contribution in [2.24, 2.45) is 0 Å². The molecule has 2 aliphatic heterocycles. The summed E-state index contributed by atoms with van der Waals surface area (Å²) in [5.41, 5.74) is 3.21. The van der Waals surface area contributed by atoms with Crippen LogP contribution in [0.3, 0.4) is 0 Å². The maximum absolute atomic E-state index is 13.2. The Morgan fingerprint density at radius 3 is 2.59 bits per heavy atom. The number of nitrogens with one attached hydrogen (secondary N) is 1. The lowest BCUT2D eigenvalue weighted by atomic mass is 10.1. The van der Waals surface area contributed by atoms with Crippen molar-refractivity contribution in [3.05, 3.63) is 47.4 Å². The average Bonchev–Trinajstić information content (AvgIpc) is 3.35. The summed E-state index contributed by atoms with van der Waals surface area (Å²) in [5, 5.41) is 18.2. The summed E-state index contributed by atoms with van der Waals surface area (Å²) < 4.78 is 20.0. The standard InChI is InChI=1S/C19H19FN6O2.ClH/c20-13-3-1-12(2-4-13)15-9-17(27)26(24-15)19-22-16-11-21-10-14(16)18(23-19)25-5-7-28-8-6-25;/h1-4,9,21,27H,5-8,10-11H2;1H. The van der Waals surface area contributed by atoms with Gasteiger partial charge in [-0.25, -0.2) is 9.37 Å². The summed E-state index contributed by atoms with van der Waals surface area (Å²) >= 11 is 0. The Balaban J connectivity index is 0.00000205. The van der Waals surface area contributed by atoms with Crippen LogP contribution < -0.4 is 10.2 Å². The van der Waals surface area contributed by atoms with Crippen LogP contribution >= 0.6 is 12.4 Å². The van der Waals surface area contributed by atoms with E-state index in [1.54, 1.807) is 12.1 Å². The summed E-state index contributed by atoms with van der Waals surface area (Å²) in [6, 6.07) is 7.48. The molecule has 8 nitrogen and oxygen atoms in total. The second-order valence-electron chi connectivity index (χ2n) is 6.78. The fourth-order valence-corrected chi connectivity index (χ4v) is 3.55. The summed E-state index contributed by atoms with van der Waals surface area (Å²) in [4.78, 5) is 11.5. The molecule has 1 aromatic carbocycles. The van der Waals surface area contributed by atoms with Crippen LogP contribution in [-0.4, -0.2) is 51.2 Å². The van der Waals surface area contributed by atoms with Crippen molar-refractivity contribution in [2.45, 2.75) is 13.1 Å². The maximum atomic E-state index is 13.2. The zero-order chi connectivity index (χ0) is 19.1. The number of nitrogens with zero attached hydrogens (tertiary/aromatic N) is 5. The minimum absolute atomic E-state index is 0. The zero-order valence-corrected chi connectivity index (χ0v) is 16.3. The fraction of sp³-hybridized carbons (Fsp3) is 0.316. The van der Waals surface area contributed by atoms with Crippen LogP contribution in [0.1, 0.15) is 11.3 Å². The minimum atomic E-state index is -0.322. The van der Waals surface area contributed by atoms with Crippen LogP contribution in [0.25, 0.3) is 17.2 Å². The van der Waals surface area contributed by atoms with Crippen molar-refractivity contribution in [1.29, 1.82) is 0 Å². The molecule has 2 N–H and O–H groups in total. The van der Waals surface area contributed by atoms with E-state index < -0.39 is 0 Å². The smallest absolute Gasteiger partial charge is 0.256 e. The number of aromatic nitrogens is 4. The molecule has 0 bridgehead atoms. The second kappa shape index (κ2) is 7.94. The van der Waals surface area contributed by atoms with Crippen LogP contribution in [0.15, 0.2) is 30.3 Å². The minimum Gasteiger partial charge on any atom is -0.493 e. The van der Waals surface area contributed by atoms with Gasteiger partial charge in [-0.3, -0.25) is 0 Å². The first-order valence-electron chi connectivity index (χ1n) is 9.17. The van der Waals surface area contributed by atoms with Gasteiger partial charge in [0.1, 0.15) is 11.6 Å².